The van der Waals surface area contributed by atoms with Crippen LogP contribution in [0.1, 0.15) is 63.1 Å². The number of hydrogen-bond acceptors (Lipinski definition) is 1. The average Bonchev–Trinajstić information content (AvgIpc) is 2.31. The molecular weight excluding hydrogens is 232 g/mol. The van der Waals surface area contributed by atoms with Crippen molar-refractivity contribution in [3.63, 3.8) is 0 Å². The summed E-state index contributed by atoms with van der Waals surface area (Å²) >= 11 is 0. The van der Waals surface area contributed by atoms with Gasteiger partial charge in [0.15, 0.2) is 0 Å². The SMILES string of the molecule is Cc1ccc(C)c(C2(O)CCC(C(C)(C)C)CC2)c1. The van der Waals surface area contributed by atoms with Crippen molar-refractivity contribution in [1.29, 1.82) is 0 Å². The molecule has 1 aliphatic carbocycles. The van der Waals surface area contributed by atoms with Gasteiger partial charge in [-0.3, -0.25) is 0 Å². The van der Waals surface area contributed by atoms with E-state index < -0.39 is 5.60 Å². The fourth-order valence-electron chi connectivity index (χ4n) is 3.47. The van der Waals surface area contributed by atoms with Crippen LogP contribution in [-0.2, 0) is 5.60 Å². The predicted octanol–water partition coefficient (Wildman–Crippen LogP) is 4.73. The van der Waals surface area contributed by atoms with Gasteiger partial charge in [0.1, 0.15) is 0 Å². The molecule has 1 heteroatoms. The molecule has 1 fully saturated rings. The van der Waals surface area contributed by atoms with E-state index >= 15 is 0 Å². The highest BCUT2D eigenvalue weighted by Gasteiger charge is 2.39. The standard InChI is InChI=1S/C18H28O/c1-13-6-7-14(2)16(12-13)18(19)10-8-15(9-11-18)17(3,4)5/h6-7,12,15,19H,8-11H2,1-5H3. The molecule has 1 aliphatic rings. The van der Waals surface area contributed by atoms with Crippen LogP contribution in [0.3, 0.4) is 0 Å². The minimum atomic E-state index is -0.599. The van der Waals surface area contributed by atoms with Crippen molar-refractivity contribution >= 4 is 0 Å². The molecule has 19 heavy (non-hydrogen) atoms. The highest BCUT2D eigenvalue weighted by atomic mass is 16.3. The zero-order chi connectivity index (χ0) is 14.3. The third-order valence-corrected chi connectivity index (χ3v) is 4.93. The molecule has 0 atom stereocenters. The molecule has 1 saturated carbocycles. The van der Waals surface area contributed by atoms with Crippen LogP contribution < -0.4 is 0 Å². The van der Waals surface area contributed by atoms with Gasteiger partial charge >= 0.3 is 0 Å². The predicted molar refractivity (Wildman–Crippen MR) is 81.2 cm³/mol. The fourth-order valence-corrected chi connectivity index (χ4v) is 3.47. The smallest absolute Gasteiger partial charge is 0.0899 e. The van der Waals surface area contributed by atoms with Crippen LogP contribution >= 0.6 is 0 Å². The van der Waals surface area contributed by atoms with Crippen LogP contribution in [0.4, 0.5) is 0 Å². The van der Waals surface area contributed by atoms with E-state index in [1.807, 2.05) is 0 Å². The molecule has 0 spiro atoms. The van der Waals surface area contributed by atoms with E-state index in [2.05, 4.69) is 52.8 Å². The van der Waals surface area contributed by atoms with Gasteiger partial charge in [0.05, 0.1) is 5.60 Å². The minimum absolute atomic E-state index is 0.364. The summed E-state index contributed by atoms with van der Waals surface area (Å²) in [7, 11) is 0. The maximum absolute atomic E-state index is 11.0. The Morgan fingerprint density at radius 2 is 1.68 bits per heavy atom. The Hall–Kier alpha value is -0.820. The maximum atomic E-state index is 11.0. The van der Waals surface area contributed by atoms with E-state index in [9.17, 15) is 5.11 Å². The van der Waals surface area contributed by atoms with Crippen molar-refractivity contribution in [1.82, 2.24) is 0 Å². The van der Waals surface area contributed by atoms with Crippen molar-refractivity contribution < 1.29 is 5.11 Å². The Morgan fingerprint density at radius 3 is 2.21 bits per heavy atom. The molecule has 0 heterocycles. The first-order valence-corrected chi connectivity index (χ1v) is 7.52. The van der Waals surface area contributed by atoms with Crippen LogP contribution in [0.15, 0.2) is 18.2 Å². The molecule has 0 saturated heterocycles. The van der Waals surface area contributed by atoms with E-state index in [1.54, 1.807) is 0 Å². The lowest BCUT2D eigenvalue weighted by molar-refractivity contribution is -0.0302. The normalized spacial score (nSPS) is 28.4. The number of benzene rings is 1. The second kappa shape index (κ2) is 4.94. The number of aryl methyl sites for hydroxylation is 2. The van der Waals surface area contributed by atoms with Gasteiger partial charge in [0.2, 0.25) is 0 Å². The topological polar surface area (TPSA) is 20.2 Å². The number of aliphatic hydroxyl groups is 1. The van der Waals surface area contributed by atoms with Gasteiger partial charge in [-0.05, 0) is 62.0 Å². The Morgan fingerprint density at radius 1 is 1.11 bits per heavy atom. The summed E-state index contributed by atoms with van der Waals surface area (Å²) in [6, 6.07) is 6.44. The molecule has 0 amide bonds. The molecule has 1 aromatic carbocycles. The molecule has 1 N–H and O–H groups in total. The summed E-state index contributed by atoms with van der Waals surface area (Å²) in [5.74, 6) is 0.734. The van der Waals surface area contributed by atoms with Crippen molar-refractivity contribution in [3.8, 4) is 0 Å². The van der Waals surface area contributed by atoms with Crippen molar-refractivity contribution in [2.45, 2.75) is 65.9 Å². The first-order chi connectivity index (χ1) is 8.72. The van der Waals surface area contributed by atoms with Crippen LogP contribution in [-0.4, -0.2) is 5.11 Å². The summed E-state index contributed by atoms with van der Waals surface area (Å²) in [5, 5.41) is 11.0. The molecule has 0 aliphatic heterocycles. The van der Waals surface area contributed by atoms with Gasteiger partial charge < -0.3 is 5.11 Å². The van der Waals surface area contributed by atoms with E-state index in [0.717, 1.165) is 37.2 Å². The van der Waals surface area contributed by atoms with Crippen LogP contribution in [0.5, 0.6) is 0 Å². The van der Waals surface area contributed by atoms with Gasteiger partial charge in [-0.1, -0.05) is 44.5 Å². The van der Waals surface area contributed by atoms with Crippen molar-refractivity contribution in [2.24, 2.45) is 11.3 Å². The molecule has 0 bridgehead atoms. The lowest BCUT2D eigenvalue weighted by Crippen LogP contribution is -2.36. The second-order valence-corrected chi connectivity index (χ2v) is 7.49. The van der Waals surface area contributed by atoms with Gasteiger partial charge in [-0.15, -0.1) is 0 Å². The maximum Gasteiger partial charge on any atom is 0.0899 e. The number of hydrogen-bond donors (Lipinski definition) is 1. The summed E-state index contributed by atoms with van der Waals surface area (Å²) in [5.41, 5.74) is 3.38. The summed E-state index contributed by atoms with van der Waals surface area (Å²) < 4.78 is 0. The molecule has 0 aromatic heterocycles. The average molecular weight is 260 g/mol. The molecule has 0 unspecified atom stereocenters. The van der Waals surface area contributed by atoms with E-state index in [-0.39, 0.29) is 0 Å². The van der Waals surface area contributed by atoms with Crippen LogP contribution in [0.2, 0.25) is 0 Å². The fraction of sp³-hybridized carbons (Fsp3) is 0.667. The molecule has 1 nitrogen and oxygen atoms in total. The summed E-state index contributed by atoms with van der Waals surface area (Å²) in [6.45, 7) is 11.2. The molecular formula is C18H28O. The van der Waals surface area contributed by atoms with Gasteiger partial charge in [0, 0.05) is 0 Å². The van der Waals surface area contributed by atoms with Gasteiger partial charge in [-0.2, -0.15) is 0 Å². The largest absolute Gasteiger partial charge is 0.385 e. The zero-order valence-electron chi connectivity index (χ0n) is 13.1. The van der Waals surface area contributed by atoms with Crippen molar-refractivity contribution in [3.05, 3.63) is 34.9 Å². The highest BCUT2D eigenvalue weighted by Crippen LogP contribution is 2.46. The Bertz CT molecular complexity index is 445. The molecule has 1 aromatic rings. The van der Waals surface area contributed by atoms with E-state index in [1.165, 1.54) is 11.1 Å². The first kappa shape index (κ1) is 14.6. The minimum Gasteiger partial charge on any atom is -0.385 e. The molecule has 2 rings (SSSR count). The van der Waals surface area contributed by atoms with Crippen LogP contribution in [0, 0.1) is 25.2 Å². The van der Waals surface area contributed by atoms with Gasteiger partial charge in [-0.25, -0.2) is 0 Å². The lowest BCUT2D eigenvalue weighted by atomic mass is 9.66. The van der Waals surface area contributed by atoms with Crippen LogP contribution in [0.25, 0.3) is 0 Å². The van der Waals surface area contributed by atoms with E-state index in [0.29, 0.717) is 5.41 Å². The lowest BCUT2D eigenvalue weighted by Gasteiger charge is -2.42. The number of rotatable bonds is 1. The quantitative estimate of drug-likeness (QED) is 0.774. The Kier molecular flexibility index (Phi) is 3.79. The molecule has 0 radical (unpaired) electrons. The Balaban J connectivity index is 2.20. The monoisotopic (exact) mass is 260 g/mol. The van der Waals surface area contributed by atoms with Crippen molar-refractivity contribution in [2.75, 3.05) is 0 Å². The first-order valence-electron chi connectivity index (χ1n) is 7.52. The molecule has 106 valence electrons. The Labute approximate surface area is 118 Å². The highest BCUT2D eigenvalue weighted by molar-refractivity contribution is 5.35. The zero-order valence-corrected chi connectivity index (χ0v) is 13.1. The van der Waals surface area contributed by atoms with E-state index in [4.69, 9.17) is 0 Å². The summed E-state index contributed by atoms with van der Waals surface area (Å²) in [4.78, 5) is 0. The second-order valence-electron chi connectivity index (χ2n) is 7.49. The van der Waals surface area contributed by atoms with Gasteiger partial charge in [0.25, 0.3) is 0 Å². The third kappa shape index (κ3) is 3.02. The summed E-state index contributed by atoms with van der Waals surface area (Å²) in [6.07, 6.45) is 4.07. The third-order valence-electron chi connectivity index (χ3n) is 4.93.